The van der Waals surface area contributed by atoms with E-state index < -0.39 is 0 Å². The normalized spacial score (nSPS) is 10.8. The molecule has 0 amide bonds. The number of fused-ring (bicyclic) bond motifs is 1. The molecule has 5 nitrogen and oxygen atoms in total. The van der Waals surface area contributed by atoms with Crippen LogP contribution >= 0.6 is 12.2 Å². The van der Waals surface area contributed by atoms with Crippen molar-refractivity contribution in [2.45, 2.75) is 33.9 Å². The maximum absolute atomic E-state index is 12.8. The molecule has 0 saturated carbocycles. The van der Waals surface area contributed by atoms with Crippen molar-refractivity contribution in [2.24, 2.45) is 0 Å². The molecule has 162 valence electrons. The maximum Gasteiger partial charge on any atom is 0.253 e. The molecule has 0 unspecified atom stereocenters. The minimum atomic E-state index is -0.105. The standard InChI is InChI=1S/C26H26N4OS/c1-17-6-8-23(19(3)11-17)29-26(32)30(15-20-5-4-10-27-14-20)16-22-13-21-12-18(2)7-9-24(21)28-25(22)31/h4-14H,15-16H2,1-3H3,(H,28,31)(H,29,32). The number of hydrogen-bond acceptors (Lipinski definition) is 3. The smallest absolute Gasteiger partial charge is 0.253 e. The third-order valence-corrected chi connectivity index (χ3v) is 5.81. The Morgan fingerprint density at radius 1 is 1.03 bits per heavy atom. The Morgan fingerprint density at radius 2 is 1.81 bits per heavy atom. The van der Waals surface area contributed by atoms with Crippen LogP contribution in [0.3, 0.4) is 0 Å². The summed E-state index contributed by atoms with van der Waals surface area (Å²) in [5.74, 6) is 0. The van der Waals surface area contributed by atoms with Gasteiger partial charge in [-0.1, -0.05) is 35.4 Å². The van der Waals surface area contributed by atoms with Crippen molar-refractivity contribution < 1.29 is 0 Å². The zero-order valence-corrected chi connectivity index (χ0v) is 19.3. The summed E-state index contributed by atoms with van der Waals surface area (Å²) in [6.07, 6.45) is 3.57. The van der Waals surface area contributed by atoms with Crippen LogP contribution in [-0.2, 0) is 13.1 Å². The van der Waals surface area contributed by atoms with Crippen molar-refractivity contribution in [1.29, 1.82) is 0 Å². The number of aryl methyl sites for hydroxylation is 3. The molecular formula is C26H26N4OS. The highest BCUT2D eigenvalue weighted by Gasteiger charge is 2.15. The molecule has 2 N–H and O–H groups in total. The largest absolute Gasteiger partial charge is 0.340 e. The number of H-pyrrole nitrogens is 1. The fourth-order valence-electron chi connectivity index (χ4n) is 3.75. The van der Waals surface area contributed by atoms with Gasteiger partial charge in [0.25, 0.3) is 5.56 Å². The zero-order chi connectivity index (χ0) is 22.7. The monoisotopic (exact) mass is 442 g/mol. The lowest BCUT2D eigenvalue weighted by atomic mass is 10.1. The van der Waals surface area contributed by atoms with Gasteiger partial charge in [-0.05, 0) is 79.8 Å². The second-order valence-corrected chi connectivity index (χ2v) is 8.57. The second kappa shape index (κ2) is 9.32. The van der Waals surface area contributed by atoms with Crippen LogP contribution in [0.2, 0.25) is 0 Å². The predicted molar refractivity (Wildman–Crippen MR) is 135 cm³/mol. The summed E-state index contributed by atoms with van der Waals surface area (Å²) in [6.45, 7) is 7.08. The number of rotatable bonds is 5. The van der Waals surface area contributed by atoms with Gasteiger partial charge in [-0.15, -0.1) is 0 Å². The molecule has 2 aromatic heterocycles. The Balaban J connectivity index is 1.66. The van der Waals surface area contributed by atoms with E-state index in [2.05, 4.69) is 47.3 Å². The van der Waals surface area contributed by atoms with E-state index in [1.165, 1.54) is 5.56 Å². The fourth-order valence-corrected chi connectivity index (χ4v) is 3.99. The molecule has 0 fully saturated rings. The summed E-state index contributed by atoms with van der Waals surface area (Å²) in [7, 11) is 0. The van der Waals surface area contributed by atoms with Gasteiger partial charge >= 0.3 is 0 Å². The lowest BCUT2D eigenvalue weighted by Gasteiger charge is -2.26. The molecule has 4 rings (SSSR count). The average Bonchev–Trinajstić information content (AvgIpc) is 2.76. The van der Waals surface area contributed by atoms with E-state index in [0.717, 1.165) is 33.3 Å². The van der Waals surface area contributed by atoms with E-state index in [1.54, 1.807) is 6.20 Å². The highest BCUT2D eigenvalue weighted by atomic mass is 32.1. The summed E-state index contributed by atoms with van der Waals surface area (Å²) >= 11 is 5.79. The SMILES string of the molecule is Cc1ccc(NC(=S)N(Cc2cccnc2)Cc2cc3cc(C)ccc3[nH]c2=O)c(C)c1. The van der Waals surface area contributed by atoms with Crippen LogP contribution in [0, 0.1) is 20.8 Å². The molecule has 0 radical (unpaired) electrons. The van der Waals surface area contributed by atoms with Crippen molar-refractivity contribution in [2.75, 3.05) is 5.32 Å². The first-order valence-corrected chi connectivity index (χ1v) is 10.9. The Morgan fingerprint density at radius 3 is 2.56 bits per heavy atom. The first-order chi connectivity index (χ1) is 15.4. The highest BCUT2D eigenvalue weighted by Crippen LogP contribution is 2.19. The Labute approximate surface area is 193 Å². The molecule has 4 aromatic rings. The molecule has 0 aliphatic heterocycles. The minimum Gasteiger partial charge on any atom is -0.340 e. The molecule has 0 spiro atoms. The number of aromatic amines is 1. The third-order valence-electron chi connectivity index (χ3n) is 5.44. The predicted octanol–water partition coefficient (Wildman–Crippen LogP) is 5.25. The van der Waals surface area contributed by atoms with Gasteiger partial charge in [0.2, 0.25) is 0 Å². The molecule has 0 saturated heterocycles. The van der Waals surface area contributed by atoms with E-state index >= 15 is 0 Å². The summed E-state index contributed by atoms with van der Waals surface area (Å²) in [4.78, 5) is 22.0. The summed E-state index contributed by atoms with van der Waals surface area (Å²) < 4.78 is 0. The molecule has 2 aromatic carbocycles. The van der Waals surface area contributed by atoms with Gasteiger partial charge in [-0.3, -0.25) is 9.78 Å². The van der Waals surface area contributed by atoms with Crippen LogP contribution in [0.5, 0.6) is 0 Å². The number of benzene rings is 2. The average molecular weight is 443 g/mol. The first-order valence-electron chi connectivity index (χ1n) is 10.5. The van der Waals surface area contributed by atoms with Crippen LogP contribution in [0.4, 0.5) is 5.69 Å². The van der Waals surface area contributed by atoms with Crippen LogP contribution in [0.25, 0.3) is 10.9 Å². The quantitative estimate of drug-likeness (QED) is 0.414. The summed E-state index contributed by atoms with van der Waals surface area (Å²) in [6, 6.07) is 18.1. The van der Waals surface area contributed by atoms with E-state index in [-0.39, 0.29) is 5.56 Å². The number of aromatic nitrogens is 2. The number of anilines is 1. The minimum absolute atomic E-state index is 0.105. The molecule has 6 heteroatoms. The third kappa shape index (κ3) is 5.03. The van der Waals surface area contributed by atoms with Crippen molar-refractivity contribution in [3.8, 4) is 0 Å². The molecule has 0 bridgehead atoms. The molecule has 0 aliphatic carbocycles. The number of nitrogens with one attached hydrogen (secondary N) is 2. The van der Waals surface area contributed by atoms with E-state index in [4.69, 9.17) is 12.2 Å². The van der Waals surface area contributed by atoms with E-state index in [0.29, 0.717) is 23.8 Å². The van der Waals surface area contributed by atoms with Crippen molar-refractivity contribution in [1.82, 2.24) is 14.9 Å². The van der Waals surface area contributed by atoms with Gasteiger partial charge in [0.1, 0.15) is 0 Å². The molecule has 0 aliphatic rings. The molecular weight excluding hydrogens is 416 g/mol. The Kier molecular flexibility index (Phi) is 6.32. The van der Waals surface area contributed by atoms with E-state index in [9.17, 15) is 4.79 Å². The molecule has 0 atom stereocenters. The number of hydrogen-bond donors (Lipinski definition) is 2. The van der Waals surface area contributed by atoms with Gasteiger partial charge in [-0.25, -0.2) is 0 Å². The second-order valence-electron chi connectivity index (χ2n) is 8.18. The topological polar surface area (TPSA) is 61.0 Å². The molecule has 2 heterocycles. The van der Waals surface area contributed by atoms with Gasteiger partial charge < -0.3 is 15.2 Å². The highest BCUT2D eigenvalue weighted by molar-refractivity contribution is 7.80. The number of nitrogens with zero attached hydrogens (tertiary/aromatic N) is 2. The van der Waals surface area contributed by atoms with Crippen LogP contribution in [0.1, 0.15) is 27.8 Å². The van der Waals surface area contributed by atoms with Crippen LogP contribution in [0.15, 0.2) is 71.8 Å². The summed E-state index contributed by atoms with van der Waals surface area (Å²) in [5.41, 5.74) is 6.83. The van der Waals surface area contributed by atoms with Gasteiger partial charge in [0.15, 0.2) is 5.11 Å². The lowest BCUT2D eigenvalue weighted by Crippen LogP contribution is -2.35. The van der Waals surface area contributed by atoms with Crippen molar-refractivity contribution in [3.05, 3.63) is 105 Å². The summed E-state index contributed by atoms with van der Waals surface area (Å²) in [5, 5.41) is 4.94. The zero-order valence-electron chi connectivity index (χ0n) is 18.5. The van der Waals surface area contributed by atoms with Crippen molar-refractivity contribution in [3.63, 3.8) is 0 Å². The first kappa shape index (κ1) is 21.7. The van der Waals surface area contributed by atoms with Gasteiger partial charge in [0.05, 0.1) is 6.54 Å². The Bertz CT molecular complexity index is 1330. The van der Waals surface area contributed by atoms with Gasteiger partial charge in [-0.2, -0.15) is 0 Å². The van der Waals surface area contributed by atoms with Crippen LogP contribution < -0.4 is 10.9 Å². The fraction of sp³-hybridized carbons (Fsp3) is 0.192. The Hall–Kier alpha value is -3.51. The van der Waals surface area contributed by atoms with Gasteiger partial charge in [0, 0.05) is 35.7 Å². The lowest BCUT2D eigenvalue weighted by molar-refractivity contribution is 0.410. The van der Waals surface area contributed by atoms with Crippen LogP contribution in [-0.4, -0.2) is 20.0 Å². The number of pyridine rings is 2. The maximum atomic E-state index is 12.8. The van der Waals surface area contributed by atoms with E-state index in [1.807, 2.05) is 54.4 Å². The number of thiocarbonyl (C=S) groups is 1. The molecule has 32 heavy (non-hydrogen) atoms. The van der Waals surface area contributed by atoms with Crippen molar-refractivity contribution >= 4 is 33.9 Å².